The number of rotatable bonds is 5. The maximum atomic E-state index is 5.70. The van der Waals surface area contributed by atoms with Crippen LogP contribution >= 0.6 is 27.3 Å². The molecule has 0 aliphatic heterocycles. The lowest BCUT2D eigenvalue weighted by Crippen LogP contribution is -2.06. The fourth-order valence-electron chi connectivity index (χ4n) is 1.97. The predicted molar refractivity (Wildman–Crippen MR) is 91.0 cm³/mol. The molecule has 0 saturated heterocycles. The molecule has 2 nitrogen and oxygen atoms in total. The molecular weight excluding hydrogens is 334 g/mol. The number of nitrogens with one attached hydrogen (secondary N) is 1. The van der Waals surface area contributed by atoms with E-state index in [1.807, 2.05) is 31.3 Å². The van der Waals surface area contributed by atoms with E-state index in [0.29, 0.717) is 0 Å². The zero-order chi connectivity index (χ0) is 14.7. The van der Waals surface area contributed by atoms with Crippen LogP contribution in [-0.4, -0.2) is 6.10 Å². The summed E-state index contributed by atoms with van der Waals surface area (Å²) in [5.74, 6) is 0.928. The molecule has 0 aliphatic carbocycles. The quantitative estimate of drug-likeness (QED) is 0.763. The minimum atomic E-state index is 0.208. The molecule has 1 heterocycles. The van der Waals surface area contributed by atoms with E-state index >= 15 is 0 Å². The number of ether oxygens (including phenoxy) is 1. The summed E-state index contributed by atoms with van der Waals surface area (Å²) in [5, 5.41) is 3.48. The molecular formula is C16H20BrNOS. The summed E-state index contributed by atoms with van der Waals surface area (Å²) in [6.45, 7) is 9.16. The van der Waals surface area contributed by atoms with Gasteiger partial charge in [-0.1, -0.05) is 0 Å². The second-order valence-electron chi connectivity index (χ2n) is 5.11. The monoisotopic (exact) mass is 353 g/mol. The highest BCUT2D eigenvalue weighted by atomic mass is 79.9. The SMILES string of the molecule is Cc1cc(OC(C)C)ccc1NCc1cc(Br)c(C)s1. The maximum Gasteiger partial charge on any atom is 0.120 e. The van der Waals surface area contributed by atoms with Crippen molar-refractivity contribution in [2.45, 2.75) is 40.3 Å². The van der Waals surface area contributed by atoms with Crippen molar-refractivity contribution in [2.24, 2.45) is 0 Å². The Morgan fingerprint density at radius 2 is 2.00 bits per heavy atom. The highest BCUT2D eigenvalue weighted by Crippen LogP contribution is 2.28. The van der Waals surface area contributed by atoms with Crippen LogP contribution in [-0.2, 0) is 6.54 Å². The Balaban J connectivity index is 2.02. The molecule has 0 amide bonds. The first-order valence-electron chi connectivity index (χ1n) is 6.71. The molecule has 1 aromatic heterocycles. The van der Waals surface area contributed by atoms with Gasteiger partial charge >= 0.3 is 0 Å². The molecule has 0 unspecified atom stereocenters. The second kappa shape index (κ2) is 6.64. The Labute approximate surface area is 133 Å². The molecule has 2 rings (SSSR count). The largest absolute Gasteiger partial charge is 0.491 e. The molecule has 108 valence electrons. The zero-order valence-corrected chi connectivity index (χ0v) is 14.7. The second-order valence-corrected chi connectivity index (χ2v) is 7.31. The minimum absolute atomic E-state index is 0.208. The number of hydrogen-bond acceptors (Lipinski definition) is 3. The van der Waals surface area contributed by atoms with Gasteiger partial charge in [-0.15, -0.1) is 11.3 Å². The van der Waals surface area contributed by atoms with Gasteiger partial charge in [0.2, 0.25) is 0 Å². The lowest BCUT2D eigenvalue weighted by atomic mass is 10.2. The number of hydrogen-bond donors (Lipinski definition) is 1. The first-order chi connectivity index (χ1) is 9.45. The topological polar surface area (TPSA) is 21.3 Å². The molecule has 1 aromatic carbocycles. The molecule has 2 aromatic rings. The zero-order valence-electron chi connectivity index (χ0n) is 12.3. The van der Waals surface area contributed by atoms with Crippen molar-refractivity contribution in [3.63, 3.8) is 0 Å². The number of aryl methyl sites for hydroxylation is 2. The van der Waals surface area contributed by atoms with Crippen LogP contribution in [0.5, 0.6) is 5.75 Å². The molecule has 0 atom stereocenters. The van der Waals surface area contributed by atoms with E-state index in [1.165, 1.54) is 19.8 Å². The Morgan fingerprint density at radius 1 is 1.25 bits per heavy atom. The van der Waals surface area contributed by atoms with Crippen molar-refractivity contribution in [2.75, 3.05) is 5.32 Å². The van der Waals surface area contributed by atoms with Crippen molar-refractivity contribution in [1.29, 1.82) is 0 Å². The lowest BCUT2D eigenvalue weighted by Gasteiger charge is -2.13. The summed E-state index contributed by atoms with van der Waals surface area (Å²) < 4.78 is 6.89. The number of benzene rings is 1. The van der Waals surface area contributed by atoms with E-state index in [-0.39, 0.29) is 6.10 Å². The molecule has 0 radical (unpaired) electrons. The summed E-state index contributed by atoms with van der Waals surface area (Å²) in [7, 11) is 0. The normalized spacial score (nSPS) is 10.9. The van der Waals surface area contributed by atoms with E-state index in [1.54, 1.807) is 0 Å². The van der Waals surface area contributed by atoms with Gasteiger partial charge in [0.05, 0.1) is 6.10 Å². The predicted octanol–water partition coefficient (Wildman–Crippen LogP) is 5.53. The molecule has 1 N–H and O–H groups in total. The number of anilines is 1. The minimum Gasteiger partial charge on any atom is -0.491 e. The van der Waals surface area contributed by atoms with E-state index < -0.39 is 0 Å². The van der Waals surface area contributed by atoms with Gasteiger partial charge in [0, 0.05) is 26.5 Å². The molecule has 0 fully saturated rings. The van der Waals surface area contributed by atoms with Crippen LogP contribution in [0.15, 0.2) is 28.7 Å². The molecule has 0 saturated carbocycles. The summed E-state index contributed by atoms with van der Waals surface area (Å²) >= 11 is 5.37. The van der Waals surface area contributed by atoms with Crippen molar-refractivity contribution in [3.05, 3.63) is 44.1 Å². The third-order valence-corrected chi connectivity index (χ3v) is 5.07. The van der Waals surface area contributed by atoms with Crippen LogP contribution in [0.2, 0.25) is 0 Å². The average Bonchev–Trinajstić information content (AvgIpc) is 2.67. The van der Waals surface area contributed by atoms with Gasteiger partial charge < -0.3 is 10.1 Å². The summed E-state index contributed by atoms with van der Waals surface area (Å²) in [6, 6.07) is 8.37. The highest BCUT2D eigenvalue weighted by Gasteiger charge is 2.05. The number of halogens is 1. The number of thiophene rings is 1. The van der Waals surface area contributed by atoms with Crippen LogP contribution in [0.4, 0.5) is 5.69 Å². The van der Waals surface area contributed by atoms with Crippen LogP contribution in [0.25, 0.3) is 0 Å². The molecule has 0 aliphatic rings. The van der Waals surface area contributed by atoms with Crippen LogP contribution in [0.1, 0.15) is 29.2 Å². The van der Waals surface area contributed by atoms with Crippen LogP contribution in [0.3, 0.4) is 0 Å². The fourth-order valence-corrected chi connectivity index (χ4v) is 3.51. The highest BCUT2D eigenvalue weighted by molar-refractivity contribution is 9.10. The third kappa shape index (κ3) is 4.00. The van der Waals surface area contributed by atoms with Gasteiger partial charge in [-0.25, -0.2) is 0 Å². The molecule has 4 heteroatoms. The maximum absolute atomic E-state index is 5.70. The standard InChI is InChI=1S/C16H20BrNOS/c1-10(2)19-13-5-6-16(11(3)7-13)18-9-14-8-15(17)12(4)20-14/h5-8,10,18H,9H2,1-4H3. The van der Waals surface area contributed by atoms with Gasteiger partial charge in [0.1, 0.15) is 5.75 Å². The molecule has 20 heavy (non-hydrogen) atoms. The van der Waals surface area contributed by atoms with E-state index in [2.05, 4.69) is 53.3 Å². The third-order valence-electron chi connectivity index (χ3n) is 2.93. The summed E-state index contributed by atoms with van der Waals surface area (Å²) in [5.41, 5.74) is 2.36. The lowest BCUT2D eigenvalue weighted by molar-refractivity contribution is 0.242. The van der Waals surface area contributed by atoms with Crippen LogP contribution in [0, 0.1) is 13.8 Å². The van der Waals surface area contributed by atoms with Crippen molar-refractivity contribution < 1.29 is 4.74 Å². The molecule has 0 bridgehead atoms. The smallest absolute Gasteiger partial charge is 0.120 e. The Hall–Kier alpha value is -1.000. The molecule has 0 spiro atoms. The Kier molecular flexibility index (Phi) is 5.11. The van der Waals surface area contributed by atoms with Gasteiger partial charge in [-0.05, 0) is 73.5 Å². The first kappa shape index (κ1) is 15.4. The Morgan fingerprint density at radius 3 is 2.55 bits per heavy atom. The summed E-state index contributed by atoms with van der Waals surface area (Å²) in [4.78, 5) is 2.65. The first-order valence-corrected chi connectivity index (χ1v) is 8.32. The van der Waals surface area contributed by atoms with E-state index in [0.717, 1.165) is 18.0 Å². The Bertz CT molecular complexity index is 573. The fraction of sp³-hybridized carbons (Fsp3) is 0.375. The van der Waals surface area contributed by atoms with E-state index in [9.17, 15) is 0 Å². The van der Waals surface area contributed by atoms with Gasteiger partial charge in [-0.3, -0.25) is 0 Å². The average molecular weight is 354 g/mol. The van der Waals surface area contributed by atoms with Crippen molar-refractivity contribution in [1.82, 2.24) is 0 Å². The van der Waals surface area contributed by atoms with Gasteiger partial charge in [-0.2, -0.15) is 0 Å². The summed E-state index contributed by atoms with van der Waals surface area (Å²) in [6.07, 6.45) is 0.208. The van der Waals surface area contributed by atoms with E-state index in [4.69, 9.17) is 4.74 Å². The van der Waals surface area contributed by atoms with Crippen molar-refractivity contribution >= 4 is 33.0 Å². The van der Waals surface area contributed by atoms with Crippen molar-refractivity contribution in [3.8, 4) is 5.75 Å². The van der Waals surface area contributed by atoms with Gasteiger partial charge in [0.15, 0.2) is 0 Å². The van der Waals surface area contributed by atoms with Gasteiger partial charge in [0.25, 0.3) is 0 Å². The van der Waals surface area contributed by atoms with Crippen LogP contribution < -0.4 is 10.1 Å².